The number of aromatic nitrogens is 1. The van der Waals surface area contributed by atoms with Gasteiger partial charge in [0, 0.05) is 18.0 Å². The Labute approximate surface area is 143 Å². The lowest BCUT2D eigenvalue weighted by Gasteiger charge is -2.14. The van der Waals surface area contributed by atoms with Crippen molar-refractivity contribution in [1.29, 1.82) is 0 Å². The number of carbonyl (C=O) groups excluding carboxylic acids is 1. The number of thiazole rings is 1. The van der Waals surface area contributed by atoms with Crippen molar-refractivity contribution >= 4 is 29.0 Å². The molecule has 0 saturated heterocycles. The van der Waals surface area contributed by atoms with Gasteiger partial charge >= 0.3 is 0 Å². The first-order chi connectivity index (χ1) is 11.2. The van der Waals surface area contributed by atoms with Gasteiger partial charge in [-0.05, 0) is 12.1 Å². The van der Waals surface area contributed by atoms with E-state index in [1.807, 2.05) is 47.8 Å². The van der Waals surface area contributed by atoms with Gasteiger partial charge in [0.1, 0.15) is 5.76 Å². The Hall–Kier alpha value is -2.05. The first-order valence-electron chi connectivity index (χ1n) is 7.12. The number of nitrogens with zero attached hydrogens (tertiary/aromatic N) is 2. The van der Waals surface area contributed by atoms with Gasteiger partial charge in [-0.3, -0.25) is 4.79 Å². The van der Waals surface area contributed by atoms with Gasteiger partial charge in [0.15, 0.2) is 4.34 Å². The highest BCUT2D eigenvalue weighted by Crippen LogP contribution is 2.28. The topological polar surface area (TPSA) is 46.3 Å². The van der Waals surface area contributed by atoms with Crippen LogP contribution in [0.4, 0.5) is 0 Å². The highest BCUT2D eigenvalue weighted by molar-refractivity contribution is 8.01. The Morgan fingerprint density at radius 1 is 1.26 bits per heavy atom. The van der Waals surface area contributed by atoms with Crippen molar-refractivity contribution in [2.75, 3.05) is 12.8 Å². The zero-order valence-electron chi connectivity index (χ0n) is 12.6. The summed E-state index contributed by atoms with van der Waals surface area (Å²) in [5.74, 6) is 1.22. The van der Waals surface area contributed by atoms with Crippen LogP contribution >= 0.6 is 23.1 Å². The maximum atomic E-state index is 12.2. The third-order valence-corrected chi connectivity index (χ3v) is 5.28. The van der Waals surface area contributed by atoms with E-state index in [0.717, 1.165) is 21.4 Å². The summed E-state index contributed by atoms with van der Waals surface area (Å²) in [5.41, 5.74) is 2.05. The standard InChI is InChI=1S/C17H16N2O2S2/c1-19(10-14-8-5-9-21-14)16(20)12-23-17-18-15(11-22-17)13-6-3-2-4-7-13/h2-9,11H,10,12H2,1H3. The lowest BCUT2D eigenvalue weighted by atomic mass is 10.2. The van der Waals surface area contributed by atoms with Gasteiger partial charge in [0.2, 0.25) is 5.91 Å². The van der Waals surface area contributed by atoms with Gasteiger partial charge in [-0.2, -0.15) is 0 Å². The number of rotatable bonds is 6. The van der Waals surface area contributed by atoms with E-state index in [2.05, 4.69) is 4.98 Å². The minimum absolute atomic E-state index is 0.0582. The molecule has 1 amide bonds. The van der Waals surface area contributed by atoms with E-state index >= 15 is 0 Å². The van der Waals surface area contributed by atoms with Gasteiger partial charge in [-0.25, -0.2) is 4.98 Å². The molecule has 3 rings (SSSR count). The van der Waals surface area contributed by atoms with E-state index in [1.54, 1.807) is 29.5 Å². The number of carbonyl (C=O) groups is 1. The van der Waals surface area contributed by atoms with Crippen molar-refractivity contribution < 1.29 is 9.21 Å². The van der Waals surface area contributed by atoms with Crippen LogP contribution in [0.1, 0.15) is 5.76 Å². The third-order valence-electron chi connectivity index (χ3n) is 3.27. The molecule has 3 aromatic rings. The Bertz CT molecular complexity index is 754. The van der Waals surface area contributed by atoms with Crippen LogP contribution in [0, 0.1) is 0 Å². The van der Waals surface area contributed by atoms with Crippen molar-refractivity contribution in [2.45, 2.75) is 10.9 Å². The zero-order chi connectivity index (χ0) is 16.1. The normalized spacial score (nSPS) is 10.7. The van der Waals surface area contributed by atoms with E-state index in [-0.39, 0.29) is 5.91 Å². The molecule has 0 N–H and O–H groups in total. The molecule has 4 nitrogen and oxygen atoms in total. The van der Waals surface area contributed by atoms with E-state index in [1.165, 1.54) is 11.8 Å². The first kappa shape index (κ1) is 15.8. The van der Waals surface area contributed by atoms with Gasteiger partial charge in [-0.1, -0.05) is 42.1 Å². The summed E-state index contributed by atoms with van der Waals surface area (Å²) in [7, 11) is 1.78. The smallest absolute Gasteiger partial charge is 0.233 e. The number of amides is 1. The summed E-state index contributed by atoms with van der Waals surface area (Å²) in [6.07, 6.45) is 1.61. The third kappa shape index (κ3) is 4.24. The molecule has 0 aliphatic carbocycles. The molecule has 2 heterocycles. The van der Waals surface area contributed by atoms with Crippen LogP contribution < -0.4 is 0 Å². The summed E-state index contributed by atoms with van der Waals surface area (Å²) in [4.78, 5) is 18.4. The molecule has 1 aromatic carbocycles. The quantitative estimate of drug-likeness (QED) is 0.630. The number of furan rings is 1. The fourth-order valence-corrected chi connectivity index (χ4v) is 3.80. The predicted molar refractivity (Wildman–Crippen MR) is 93.5 cm³/mol. The van der Waals surface area contributed by atoms with Gasteiger partial charge in [0.05, 0.1) is 24.3 Å². The first-order valence-corrected chi connectivity index (χ1v) is 8.99. The molecular formula is C17H16N2O2S2. The fourth-order valence-electron chi connectivity index (χ4n) is 2.02. The predicted octanol–water partition coefficient (Wildman–Crippen LogP) is 4.15. The summed E-state index contributed by atoms with van der Waals surface area (Å²) in [5, 5.41) is 2.02. The van der Waals surface area contributed by atoms with E-state index in [4.69, 9.17) is 4.42 Å². The largest absolute Gasteiger partial charge is 0.467 e. The number of hydrogen-bond donors (Lipinski definition) is 0. The maximum absolute atomic E-state index is 12.2. The van der Waals surface area contributed by atoms with Crippen LogP contribution in [-0.4, -0.2) is 28.6 Å². The van der Waals surface area contributed by atoms with Gasteiger partial charge in [-0.15, -0.1) is 11.3 Å². The van der Waals surface area contributed by atoms with E-state index < -0.39 is 0 Å². The Kier molecular flexibility index (Phi) is 5.15. The summed E-state index contributed by atoms with van der Waals surface area (Å²) >= 11 is 3.04. The molecule has 23 heavy (non-hydrogen) atoms. The van der Waals surface area contributed by atoms with Gasteiger partial charge in [0.25, 0.3) is 0 Å². The lowest BCUT2D eigenvalue weighted by molar-refractivity contribution is -0.127. The molecule has 0 fully saturated rings. The molecule has 0 radical (unpaired) electrons. The Morgan fingerprint density at radius 3 is 2.83 bits per heavy atom. The lowest BCUT2D eigenvalue weighted by Crippen LogP contribution is -2.27. The van der Waals surface area contributed by atoms with Crippen molar-refractivity contribution in [3.05, 3.63) is 59.9 Å². The van der Waals surface area contributed by atoms with Crippen molar-refractivity contribution in [1.82, 2.24) is 9.88 Å². The molecule has 0 bridgehead atoms. The summed E-state index contributed by atoms with van der Waals surface area (Å²) in [6.45, 7) is 0.486. The van der Waals surface area contributed by atoms with Crippen LogP contribution in [-0.2, 0) is 11.3 Å². The average molecular weight is 344 g/mol. The van der Waals surface area contributed by atoms with E-state index in [0.29, 0.717) is 12.3 Å². The second kappa shape index (κ2) is 7.48. The molecule has 0 saturated carbocycles. The second-order valence-corrected chi connectivity index (χ2v) is 7.06. The van der Waals surface area contributed by atoms with Crippen molar-refractivity contribution in [3.63, 3.8) is 0 Å². The molecular weight excluding hydrogens is 328 g/mol. The molecule has 0 aliphatic rings. The SMILES string of the molecule is CN(Cc1ccco1)C(=O)CSc1nc(-c2ccccc2)cs1. The highest BCUT2D eigenvalue weighted by atomic mass is 32.2. The van der Waals surface area contributed by atoms with Crippen molar-refractivity contribution in [2.24, 2.45) is 0 Å². The van der Waals surface area contributed by atoms with Crippen LogP contribution in [0.2, 0.25) is 0 Å². The number of hydrogen-bond acceptors (Lipinski definition) is 5. The minimum atomic E-state index is 0.0582. The number of benzene rings is 1. The van der Waals surface area contributed by atoms with Crippen LogP contribution in [0.5, 0.6) is 0 Å². The Morgan fingerprint density at radius 2 is 2.09 bits per heavy atom. The van der Waals surface area contributed by atoms with E-state index in [9.17, 15) is 4.79 Å². The second-order valence-electron chi connectivity index (χ2n) is 4.98. The highest BCUT2D eigenvalue weighted by Gasteiger charge is 2.13. The van der Waals surface area contributed by atoms with Crippen LogP contribution in [0.15, 0.2) is 62.9 Å². The zero-order valence-corrected chi connectivity index (χ0v) is 14.3. The monoisotopic (exact) mass is 344 g/mol. The fraction of sp³-hybridized carbons (Fsp3) is 0.176. The number of thioether (sulfide) groups is 1. The van der Waals surface area contributed by atoms with Crippen LogP contribution in [0.3, 0.4) is 0 Å². The molecule has 0 unspecified atom stereocenters. The molecule has 0 atom stereocenters. The molecule has 0 spiro atoms. The van der Waals surface area contributed by atoms with Crippen molar-refractivity contribution in [3.8, 4) is 11.3 Å². The average Bonchev–Trinajstić information content (AvgIpc) is 3.25. The molecule has 2 aromatic heterocycles. The summed E-state index contributed by atoms with van der Waals surface area (Å²) in [6, 6.07) is 13.7. The minimum Gasteiger partial charge on any atom is -0.467 e. The maximum Gasteiger partial charge on any atom is 0.233 e. The molecule has 0 aliphatic heterocycles. The molecule has 118 valence electrons. The van der Waals surface area contributed by atoms with Crippen LogP contribution in [0.25, 0.3) is 11.3 Å². The Balaban J connectivity index is 1.54. The van der Waals surface area contributed by atoms with Gasteiger partial charge < -0.3 is 9.32 Å². The molecule has 6 heteroatoms. The summed E-state index contributed by atoms with van der Waals surface area (Å²) < 4.78 is 6.16.